The van der Waals surface area contributed by atoms with Crippen molar-refractivity contribution >= 4 is 34.5 Å². The fourth-order valence-corrected chi connectivity index (χ4v) is 3.37. The highest BCUT2D eigenvalue weighted by Gasteiger charge is 2.12. The predicted octanol–water partition coefficient (Wildman–Crippen LogP) is 3.19. The molecular weight excluding hydrogens is 336 g/mol. The quantitative estimate of drug-likeness (QED) is 0.607. The van der Waals surface area contributed by atoms with Crippen LogP contribution in [0.1, 0.15) is 30.5 Å². The number of benzene rings is 1. The van der Waals surface area contributed by atoms with Crippen molar-refractivity contribution in [3.63, 3.8) is 0 Å². The van der Waals surface area contributed by atoms with Crippen molar-refractivity contribution in [2.45, 2.75) is 39.1 Å². The molecule has 0 atom stereocenters. The highest BCUT2D eigenvalue weighted by Crippen LogP contribution is 2.28. The molecule has 0 saturated carbocycles. The molecule has 0 aliphatic carbocycles. The maximum absolute atomic E-state index is 11.9. The van der Waals surface area contributed by atoms with E-state index < -0.39 is 5.97 Å². The van der Waals surface area contributed by atoms with Gasteiger partial charge in [0.2, 0.25) is 5.91 Å². The number of nitrogens with zero attached hydrogens (tertiary/aromatic N) is 1. The lowest BCUT2D eigenvalue weighted by molar-refractivity contribution is -0.143. The van der Waals surface area contributed by atoms with Crippen LogP contribution in [-0.4, -0.2) is 35.8 Å². The number of thioether (sulfide) groups is 1. The number of fused-ring (bicyclic) bond motifs is 1. The van der Waals surface area contributed by atoms with E-state index in [9.17, 15) is 9.59 Å². The van der Waals surface area contributed by atoms with Gasteiger partial charge in [-0.2, -0.15) is 0 Å². The number of amides is 1. The van der Waals surface area contributed by atoms with Crippen molar-refractivity contribution in [1.82, 2.24) is 10.3 Å². The number of carbonyl (C=O) groups is 2. The van der Waals surface area contributed by atoms with Crippen LogP contribution in [0.25, 0.3) is 10.9 Å². The third-order valence-electron chi connectivity index (χ3n) is 4.01. The van der Waals surface area contributed by atoms with Crippen LogP contribution in [0.2, 0.25) is 0 Å². The van der Waals surface area contributed by atoms with Crippen LogP contribution in [0.5, 0.6) is 0 Å². The Balaban J connectivity index is 2.10. The first-order valence-electron chi connectivity index (χ1n) is 8.41. The lowest BCUT2D eigenvalue weighted by Gasteiger charge is -2.11. The minimum Gasteiger partial charge on any atom is -0.465 e. The first-order chi connectivity index (χ1) is 12.0. The number of aromatic nitrogens is 1. The summed E-state index contributed by atoms with van der Waals surface area (Å²) in [7, 11) is 0. The molecule has 6 heteroatoms. The van der Waals surface area contributed by atoms with Crippen LogP contribution < -0.4 is 5.32 Å². The number of aryl methyl sites for hydroxylation is 3. The van der Waals surface area contributed by atoms with Gasteiger partial charge in [0, 0.05) is 5.39 Å². The summed E-state index contributed by atoms with van der Waals surface area (Å²) in [4.78, 5) is 28.0. The summed E-state index contributed by atoms with van der Waals surface area (Å²) in [6, 6.07) is 6.34. The van der Waals surface area contributed by atoms with E-state index in [0.29, 0.717) is 6.61 Å². The number of pyridine rings is 1. The summed E-state index contributed by atoms with van der Waals surface area (Å²) >= 11 is 1.40. The van der Waals surface area contributed by atoms with Gasteiger partial charge in [-0.05, 0) is 49.9 Å². The van der Waals surface area contributed by atoms with Crippen LogP contribution in [0, 0.1) is 13.8 Å². The topological polar surface area (TPSA) is 68.3 Å². The maximum atomic E-state index is 11.9. The number of rotatable bonds is 7. The van der Waals surface area contributed by atoms with Crippen molar-refractivity contribution in [2.75, 3.05) is 18.9 Å². The molecule has 0 bridgehead atoms. The summed E-state index contributed by atoms with van der Waals surface area (Å²) in [5, 5.41) is 4.56. The second-order valence-corrected chi connectivity index (χ2v) is 6.72. The molecule has 134 valence electrons. The number of carbonyl (C=O) groups excluding carboxylic acids is 2. The molecule has 0 saturated heterocycles. The molecule has 5 nitrogen and oxygen atoms in total. The zero-order valence-corrected chi connectivity index (χ0v) is 16.0. The van der Waals surface area contributed by atoms with E-state index >= 15 is 0 Å². The fourth-order valence-electron chi connectivity index (χ4n) is 2.46. The first-order valence-corrected chi connectivity index (χ1v) is 9.39. The van der Waals surface area contributed by atoms with Crippen molar-refractivity contribution in [3.8, 4) is 0 Å². The zero-order valence-electron chi connectivity index (χ0n) is 15.1. The van der Waals surface area contributed by atoms with Crippen LogP contribution in [0.4, 0.5) is 0 Å². The van der Waals surface area contributed by atoms with Crippen molar-refractivity contribution < 1.29 is 14.3 Å². The van der Waals surface area contributed by atoms with Gasteiger partial charge in [0.15, 0.2) is 0 Å². The molecule has 1 N–H and O–H groups in total. The number of ether oxygens (including phenoxy) is 1. The molecular formula is C19H24N2O3S. The highest BCUT2D eigenvalue weighted by atomic mass is 32.2. The van der Waals surface area contributed by atoms with Crippen molar-refractivity contribution in [1.29, 1.82) is 0 Å². The molecule has 1 aromatic heterocycles. The van der Waals surface area contributed by atoms with Crippen molar-refractivity contribution in [3.05, 3.63) is 34.9 Å². The molecule has 2 aromatic rings. The number of hydrogen-bond donors (Lipinski definition) is 1. The van der Waals surface area contributed by atoms with Gasteiger partial charge < -0.3 is 10.1 Å². The van der Waals surface area contributed by atoms with Gasteiger partial charge in [-0.3, -0.25) is 9.59 Å². The maximum Gasteiger partial charge on any atom is 0.325 e. The second kappa shape index (κ2) is 8.85. The molecule has 0 aliphatic heterocycles. The summed E-state index contributed by atoms with van der Waals surface area (Å²) in [5.74, 6) is -0.413. The van der Waals surface area contributed by atoms with Gasteiger partial charge >= 0.3 is 5.97 Å². The number of esters is 1. The molecule has 0 radical (unpaired) electrons. The van der Waals surface area contributed by atoms with Gasteiger partial charge in [0.05, 0.1) is 17.9 Å². The highest BCUT2D eigenvalue weighted by molar-refractivity contribution is 7.99. The van der Waals surface area contributed by atoms with Crippen LogP contribution in [0.3, 0.4) is 0 Å². The number of nitrogens with one attached hydrogen (secondary N) is 1. The van der Waals surface area contributed by atoms with E-state index in [2.05, 4.69) is 44.3 Å². The molecule has 1 heterocycles. The minimum absolute atomic E-state index is 0.0999. The minimum atomic E-state index is -0.426. The van der Waals surface area contributed by atoms with Crippen LogP contribution in [-0.2, 0) is 20.7 Å². The number of hydrogen-bond acceptors (Lipinski definition) is 5. The van der Waals surface area contributed by atoms with E-state index in [1.165, 1.54) is 17.3 Å². The van der Waals surface area contributed by atoms with Crippen LogP contribution >= 0.6 is 11.8 Å². The third kappa shape index (κ3) is 4.95. The predicted molar refractivity (Wildman–Crippen MR) is 101 cm³/mol. The van der Waals surface area contributed by atoms with E-state index in [1.807, 2.05) is 0 Å². The monoisotopic (exact) mass is 360 g/mol. The standard InChI is InChI=1S/C19H24N2O3S/c1-5-14-9-15-8-7-12(3)13(4)18(15)21-19(14)25-11-16(22)20-10-17(23)24-6-2/h7-9H,5-6,10-11H2,1-4H3,(H,20,22). The summed E-state index contributed by atoms with van der Waals surface area (Å²) in [6.07, 6.45) is 0.850. The van der Waals surface area contributed by atoms with E-state index in [-0.39, 0.29) is 18.2 Å². The van der Waals surface area contributed by atoms with Crippen molar-refractivity contribution in [2.24, 2.45) is 0 Å². The smallest absolute Gasteiger partial charge is 0.325 e. The molecule has 2 rings (SSSR count). The van der Waals surface area contributed by atoms with Gasteiger partial charge in [0.1, 0.15) is 11.6 Å². The average molecular weight is 360 g/mol. The fraction of sp³-hybridized carbons (Fsp3) is 0.421. The normalized spacial score (nSPS) is 10.7. The molecule has 25 heavy (non-hydrogen) atoms. The molecule has 0 unspecified atom stereocenters. The Kier molecular flexibility index (Phi) is 6.82. The van der Waals surface area contributed by atoms with E-state index in [1.54, 1.807) is 6.92 Å². The Bertz CT molecular complexity index is 790. The van der Waals surface area contributed by atoms with E-state index in [4.69, 9.17) is 9.72 Å². The van der Waals surface area contributed by atoms with Crippen LogP contribution in [0.15, 0.2) is 23.2 Å². The van der Waals surface area contributed by atoms with Gasteiger partial charge in [-0.1, -0.05) is 30.8 Å². The first kappa shape index (κ1) is 19.2. The Morgan fingerprint density at radius 1 is 1.24 bits per heavy atom. The molecule has 1 amide bonds. The largest absolute Gasteiger partial charge is 0.465 e. The average Bonchev–Trinajstić information content (AvgIpc) is 2.61. The lowest BCUT2D eigenvalue weighted by Crippen LogP contribution is -2.31. The summed E-state index contributed by atoms with van der Waals surface area (Å²) in [6.45, 7) is 8.16. The lowest BCUT2D eigenvalue weighted by atomic mass is 10.0. The Morgan fingerprint density at radius 2 is 2.00 bits per heavy atom. The van der Waals surface area contributed by atoms with Gasteiger partial charge in [-0.15, -0.1) is 0 Å². The molecule has 0 spiro atoms. The Morgan fingerprint density at radius 3 is 2.68 bits per heavy atom. The molecule has 0 fully saturated rings. The Labute approximate surface area is 152 Å². The van der Waals surface area contributed by atoms with Gasteiger partial charge in [-0.25, -0.2) is 4.98 Å². The van der Waals surface area contributed by atoms with E-state index in [0.717, 1.165) is 33.5 Å². The Hall–Kier alpha value is -2.08. The van der Waals surface area contributed by atoms with Gasteiger partial charge in [0.25, 0.3) is 0 Å². The molecule has 0 aliphatic rings. The summed E-state index contributed by atoms with van der Waals surface area (Å²) in [5.41, 5.74) is 4.46. The second-order valence-electron chi connectivity index (χ2n) is 5.76. The third-order valence-corrected chi connectivity index (χ3v) is 5.04. The molecule has 1 aromatic carbocycles. The summed E-state index contributed by atoms with van der Waals surface area (Å²) < 4.78 is 4.79. The zero-order chi connectivity index (χ0) is 18.4. The SMILES string of the molecule is CCOC(=O)CNC(=O)CSc1nc2c(C)c(C)ccc2cc1CC.